The number of likely N-dealkylation sites (N-methyl/N-ethyl adjacent to an activating group) is 1. The monoisotopic (exact) mass is 354 g/mol. The average Bonchev–Trinajstić information content (AvgIpc) is 3.18. The quantitative estimate of drug-likeness (QED) is 0.726. The zero-order chi connectivity index (χ0) is 17.6. The summed E-state index contributed by atoms with van der Waals surface area (Å²) >= 11 is 1.75. The van der Waals surface area contributed by atoms with E-state index in [-0.39, 0.29) is 11.9 Å². The Bertz CT molecular complexity index is 681. The van der Waals surface area contributed by atoms with Gasteiger partial charge in [0.2, 0.25) is 5.91 Å². The lowest BCUT2D eigenvalue weighted by molar-refractivity contribution is -0.136. The van der Waals surface area contributed by atoms with Crippen LogP contribution in [0.1, 0.15) is 30.0 Å². The van der Waals surface area contributed by atoms with E-state index >= 15 is 0 Å². The maximum atomic E-state index is 13.2. The Morgan fingerprint density at radius 2 is 1.72 bits per heavy atom. The van der Waals surface area contributed by atoms with Crippen molar-refractivity contribution in [2.24, 2.45) is 0 Å². The van der Waals surface area contributed by atoms with Crippen molar-refractivity contribution >= 4 is 17.7 Å². The van der Waals surface area contributed by atoms with E-state index < -0.39 is 0 Å². The van der Waals surface area contributed by atoms with Crippen molar-refractivity contribution in [3.8, 4) is 0 Å². The Balaban J connectivity index is 1.80. The van der Waals surface area contributed by atoms with Crippen molar-refractivity contribution in [2.45, 2.75) is 30.3 Å². The summed E-state index contributed by atoms with van der Waals surface area (Å²) in [6, 6.07) is 18.5. The number of carbonyl (C=O) groups is 1. The molecule has 2 aromatic rings. The molecule has 0 spiro atoms. The van der Waals surface area contributed by atoms with Crippen LogP contribution in [-0.2, 0) is 11.3 Å². The molecule has 0 aromatic heterocycles. The van der Waals surface area contributed by atoms with E-state index in [1.807, 2.05) is 30.1 Å². The highest BCUT2D eigenvalue weighted by molar-refractivity contribution is 7.98. The van der Waals surface area contributed by atoms with E-state index in [1.54, 1.807) is 11.8 Å². The standard InChI is InChI=1S/C21H26N2OS/c1-22(16-17-10-12-19(25-2)13-11-17)20(18-8-4-3-5-9-18)21(24)23-14-6-7-15-23/h3-5,8-13,20H,6-7,14-16H2,1-2H3. The molecular weight excluding hydrogens is 328 g/mol. The van der Waals surface area contributed by atoms with Crippen molar-refractivity contribution in [3.05, 3.63) is 65.7 Å². The Labute approximate surface area is 155 Å². The summed E-state index contributed by atoms with van der Waals surface area (Å²) in [4.78, 5) is 18.6. The highest BCUT2D eigenvalue weighted by atomic mass is 32.2. The molecule has 1 fully saturated rings. The summed E-state index contributed by atoms with van der Waals surface area (Å²) in [5.74, 6) is 0.229. The minimum atomic E-state index is -0.223. The largest absolute Gasteiger partial charge is 0.341 e. The molecule has 0 aliphatic carbocycles. The van der Waals surface area contributed by atoms with Crippen molar-refractivity contribution in [3.63, 3.8) is 0 Å². The van der Waals surface area contributed by atoms with Crippen LogP contribution in [0.3, 0.4) is 0 Å². The van der Waals surface area contributed by atoms with E-state index in [1.165, 1.54) is 10.5 Å². The number of benzene rings is 2. The summed E-state index contributed by atoms with van der Waals surface area (Å²) in [7, 11) is 2.05. The fourth-order valence-corrected chi connectivity index (χ4v) is 3.85. The van der Waals surface area contributed by atoms with Gasteiger partial charge in [-0.2, -0.15) is 0 Å². The van der Waals surface area contributed by atoms with Gasteiger partial charge in [0.25, 0.3) is 0 Å². The molecule has 4 heteroatoms. The fraction of sp³-hybridized carbons (Fsp3) is 0.381. The maximum Gasteiger partial charge on any atom is 0.244 e. The topological polar surface area (TPSA) is 23.6 Å². The van der Waals surface area contributed by atoms with Crippen molar-refractivity contribution in [2.75, 3.05) is 26.4 Å². The molecule has 3 rings (SSSR count). The van der Waals surface area contributed by atoms with Crippen LogP contribution < -0.4 is 0 Å². The molecule has 1 unspecified atom stereocenters. The number of nitrogens with zero attached hydrogens (tertiary/aromatic N) is 2. The lowest BCUT2D eigenvalue weighted by atomic mass is 10.0. The molecule has 25 heavy (non-hydrogen) atoms. The normalized spacial score (nSPS) is 15.6. The van der Waals surface area contributed by atoms with Crippen molar-refractivity contribution < 1.29 is 4.79 Å². The van der Waals surface area contributed by atoms with Gasteiger partial charge in [-0.25, -0.2) is 0 Å². The van der Waals surface area contributed by atoms with Gasteiger partial charge in [-0.05, 0) is 49.4 Å². The summed E-state index contributed by atoms with van der Waals surface area (Å²) < 4.78 is 0. The molecule has 132 valence electrons. The maximum absolute atomic E-state index is 13.2. The van der Waals surface area contributed by atoms with Gasteiger partial charge >= 0.3 is 0 Å². The molecule has 1 aliphatic heterocycles. The first kappa shape index (κ1) is 18.0. The molecule has 1 aliphatic rings. The summed E-state index contributed by atoms with van der Waals surface area (Å²) in [6.07, 6.45) is 4.32. The molecule has 1 atom stereocenters. The van der Waals surface area contributed by atoms with E-state index in [4.69, 9.17) is 0 Å². The van der Waals surface area contributed by atoms with Gasteiger partial charge < -0.3 is 4.90 Å². The van der Waals surface area contributed by atoms with Gasteiger partial charge in [0, 0.05) is 24.5 Å². The lowest BCUT2D eigenvalue weighted by Gasteiger charge is -2.31. The van der Waals surface area contributed by atoms with Crippen LogP contribution in [0, 0.1) is 0 Å². The predicted molar refractivity (Wildman–Crippen MR) is 105 cm³/mol. The zero-order valence-electron chi connectivity index (χ0n) is 15.0. The van der Waals surface area contributed by atoms with Crippen molar-refractivity contribution in [1.29, 1.82) is 0 Å². The predicted octanol–water partition coefficient (Wildman–Crippen LogP) is 4.20. The first-order valence-corrected chi connectivity index (χ1v) is 10.1. The minimum Gasteiger partial charge on any atom is -0.341 e. The van der Waals surface area contributed by atoms with Gasteiger partial charge in [-0.1, -0.05) is 42.5 Å². The van der Waals surface area contributed by atoms with Gasteiger partial charge in [0.15, 0.2) is 0 Å². The summed E-state index contributed by atoms with van der Waals surface area (Å²) in [5, 5.41) is 0. The van der Waals surface area contributed by atoms with Crippen LogP contribution in [0.5, 0.6) is 0 Å². The third-order valence-corrected chi connectivity index (χ3v) is 5.54. The Kier molecular flexibility index (Phi) is 6.16. The van der Waals surface area contributed by atoms with Crippen LogP contribution in [0.4, 0.5) is 0 Å². The van der Waals surface area contributed by atoms with E-state index in [0.717, 1.165) is 38.0 Å². The number of carbonyl (C=O) groups excluding carboxylic acids is 1. The molecule has 0 saturated carbocycles. The highest BCUT2D eigenvalue weighted by Crippen LogP contribution is 2.26. The fourth-order valence-electron chi connectivity index (χ4n) is 3.44. The number of hydrogen-bond donors (Lipinski definition) is 0. The first-order valence-electron chi connectivity index (χ1n) is 8.86. The average molecular weight is 355 g/mol. The zero-order valence-corrected chi connectivity index (χ0v) is 15.8. The molecular formula is C21H26N2OS. The molecule has 3 nitrogen and oxygen atoms in total. The second-order valence-corrected chi connectivity index (χ2v) is 7.49. The molecule has 0 N–H and O–H groups in total. The second-order valence-electron chi connectivity index (χ2n) is 6.61. The first-order chi connectivity index (χ1) is 12.2. The van der Waals surface area contributed by atoms with Crippen LogP contribution in [0.15, 0.2) is 59.5 Å². The van der Waals surface area contributed by atoms with Gasteiger partial charge in [0.05, 0.1) is 0 Å². The molecule has 1 heterocycles. The number of amides is 1. The van der Waals surface area contributed by atoms with Crippen LogP contribution in [-0.4, -0.2) is 42.1 Å². The highest BCUT2D eigenvalue weighted by Gasteiger charge is 2.30. The Hall–Kier alpha value is -1.78. The molecule has 1 amide bonds. The Morgan fingerprint density at radius 3 is 2.32 bits per heavy atom. The minimum absolute atomic E-state index is 0.223. The van der Waals surface area contributed by atoms with Crippen LogP contribution in [0.25, 0.3) is 0 Å². The van der Waals surface area contributed by atoms with Gasteiger partial charge in [-0.3, -0.25) is 9.69 Å². The number of rotatable bonds is 6. The summed E-state index contributed by atoms with van der Waals surface area (Å²) in [5.41, 5.74) is 2.30. The van der Waals surface area contributed by atoms with E-state index in [2.05, 4.69) is 47.6 Å². The second kappa shape index (κ2) is 8.54. The molecule has 1 saturated heterocycles. The van der Waals surface area contributed by atoms with Crippen LogP contribution in [0.2, 0.25) is 0 Å². The third kappa shape index (κ3) is 4.44. The van der Waals surface area contributed by atoms with Crippen molar-refractivity contribution in [1.82, 2.24) is 9.80 Å². The van der Waals surface area contributed by atoms with E-state index in [9.17, 15) is 4.79 Å². The van der Waals surface area contributed by atoms with E-state index in [0.29, 0.717) is 0 Å². The third-order valence-electron chi connectivity index (χ3n) is 4.80. The Morgan fingerprint density at radius 1 is 1.08 bits per heavy atom. The van der Waals surface area contributed by atoms with Gasteiger partial charge in [-0.15, -0.1) is 11.8 Å². The number of likely N-dealkylation sites (tertiary alicyclic amines) is 1. The molecule has 0 radical (unpaired) electrons. The lowest BCUT2D eigenvalue weighted by Crippen LogP contribution is -2.40. The molecule has 2 aromatic carbocycles. The van der Waals surface area contributed by atoms with Crippen LogP contribution >= 0.6 is 11.8 Å². The molecule has 0 bridgehead atoms. The smallest absolute Gasteiger partial charge is 0.244 e. The number of hydrogen-bond acceptors (Lipinski definition) is 3. The summed E-state index contributed by atoms with van der Waals surface area (Å²) in [6.45, 7) is 2.53. The number of thioether (sulfide) groups is 1. The van der Waals surface area contributed by atoms with Gasteiger partial charge in [0.1, 0.15) is 6.04 Å². The SMILES string of the molecule is CSc1ccc(CN(C)C(C(=O)N2CCCC2)c2ccccc2)cc1.